The minimum absolute atomic E-state index is 0.0270. The van der Waals surface area contributed by atoms with Gasteiger partial charge in [-0.1, -0.05) is 18.8 Å². The van der Waals surface area contributed by atoms with Gasteiger partial charge >= 0.3 is 17.9 Å². The predicted octanol–water partition coefficient (Wildman–Crippen LogP) is 3.26. The van der Waals surface area contributed by atoms with Crippen molar-refractivity contribution in [2.45, 2.75) is 96.2 Å². The van der Waals surface area contributed by atoms with Crippen molar-refractivity contribution in [1.29, 1.82) is 0 Å². The van der Waals surface area contributed by atoms with E-state index in [2.05, 4.69) is 11.9 Å². The monoisotopic (exact) mass is 537 g/mol. The van der Waals surface area contributed by atoms with Gasteiger partial charge in [-0.25, -0.2) is 14.3 Å². The van der Waals surface area contributed by atoms with Gasteiger partial charge in [0.05, 0.1) is 26.0 Å². The number of ether oxygens (including phenoxy) is 4. The van der Waals surface area contributed by atoms with Gasteiger partial charge < -0.3 is 29.1 Å². The molecule has 0 aromatic carbocycles. The smallest absolute Gasteiger partial charge is 0.434 e. The van der Waals surface area contributed by atoms with Crippen LogP contribution < -0.4 is 0 Å². The van der Waals surface area contributed by atoms with Crippen molar-refractivity contribution < 1.29 is 43.2 Å². The number of rotatable bonds is 9. The van der Waals surface area contributed by atoms with Crippen LogP contribution in [0.4, 0.5) is 5.95 Å². The highest BCUT2D eigenvalue weighted by Gasteiger charge is 2.69. The molecule has 5 aliphatic rings. The number of nitrogens with zero attached hydrogens (tertiary/aromatic N) is 3. The molecule has 0 radical (unpaired) electrons. The third-order valence-corrected chi connectivity index (χ3v) is 8.54. The molecule has 38 heavy (non-hydrogen) atoms. The molecule has 6 rings (SSSR count). The standard InChI is InChI=1S/C25H35N3O10/c1-15-5-6-18-16(2)21(35-22-25(18)17(15)9-10-24(3,36-22)37-38-25)34-20(30)8-7-19(29)33-14-4-12-27-13-11-26-23(27)28(31)32/h11,13,15-18,21-22H,4-10,12,14H2,1-3H3/t15-,16-,17+,18+,21-,22-,24-,25-/m1/s1. The van der Waals surface area contributed by atoms with Crippen LogP contribution in [0.5, 0.6) is 0 Å². The summed E-state index contributed by atoms with van der Waals surface area (Å²) in [6, 6.07) is 0. The second-order valence-electron chi connectivity index (χ2n) is 11.0. The Labute approximate surface area is 220 Å². The highest BCUT2D eigenvalue weighted by Crippen LogP contribution is 2.60. The number of esters is 2. The van der Waals surface area contributed by atoms with Crippen LogP contribution in [0, 0.1) is 33.8 Å². The van der Waals surface area contributed by atoms with E-state index in [-0.39, 0.29) is 49.7 Å². The molecule has 1 spiro atoms. The third-order valence-electron chi connectivity index (χ3n) is 8.54. The summed E-state index contributed by atoms with van der Waals surface area (Å²) in [5, 5.41) is 10.9. The van der Waals surface area contributed by atoms with Crippen molar-refractivity contribution in [3.8, 4) is 0 Å². The van der Waals surface area contributed by atoms with Crippen LogP contribution in [0.15, 0.2) is 12.4 Å². The van der Waals surface area contributed by atoms with Crippen molar-refractivity contribution in [1.82, 2.24) is 9.55 Å². The molecule has 4 aliphatic heterocycles. The molecule has 13 heteroatoms. The predicted molar refractivity (Wildman–Crippen MR) is 127 cm³/mol. The lowest BCUT2D eigenvalue weighted by atomic mass is 9.58. The summed E-state index contributed by atoms with van der Waals surface area (Å²) >= 11 is 0. The first-order valence-corrected chi connectivity index (χ1v) is 13.3. The van der Waals surface area contributed by atoms with Gasteiger partial charge in [0, 0.05) is 24.7 Å². The quantitative estimate of drug-likeness (QED) is 0.150. The van der Waals surface area contributed by atoms with Crippen molar-refractivity contribution in [3.05, 3.63) is 22.5 Å². The normalized spacial score (nSPS) is 37.7. The summed E-state index contributed by atoms with van der Waals surface area (Å²) in [6.07, 6.45) is 4.87. The van der Waals surface area contributed by atoms with Gasteiger partial charge in [0.15, 0.2) is 11.9 Å². The Hall–Kier alpha value is -2.61. The SMILES string of the molecule is C[C@H]1[C@H](OC(=O)CCC(=O)OCCCn2ccnc2[N+](=O)[O-])O[C@@H]2O[C@@]3(C)CC[C@H]4[C@H](C)CC[C@@H]1[C@@]24OO3. The van der Waals surface area contributed by atoms with Gasteiger partial charge in [0.1, 0.15) is 12.4 Å². The molecule has 1 saturated carbocycles. The molecule has 5 fully saturated rings. The fourth-order valence-corrected chi connectivity index (χ4v) is 6.54. The minimum atomic E-state index is -0.917. The maximum atomic E-state index is 12.6. The number of carbonyl (C=O) groups excluding carboxylic acids is 2. The molecule has 2 bridgehead atoms. The average Bonchev–Trinajstić information content (AvgIpc) is 3.24. The van der Waals surface area contributed by atoms with E-state index in [4.69, 9.17) is 28.7 Å². The Balaban J connectivity index is 1.11. The molecule has 1 aliphatic carbocycles. The van der Waals surface area contributed by atoms with Crippen LogP contribution >= 0.6 is 0 Å². The zero-order chi connectivity index (χ0) is 27.1. The molecule has 0 amide bonds. The first-order chi connectivity index (χ1) is 18.1. The number of aryl methyl sites for hydroxylation is 1. The topological polar surface area (TPSA) is 150 Å². The maximum absolute atomic E-state index is 12.6. The van der Waals surface area contributed by atoms with Gasteiger partial charge in [-0.3, -0.25) is 9.59 Å². The van der Waals surface area contributed by atoms with Crippen LogP contribution in [0.3, 0.4) is 0 Å². The van der Waals surface area contributed by atoms with Crippen molar-refractivity contribution in [3.63, 3.8) is 0 Å². The molecule has 0 N–H and O–H groups in total. The second-order valence-corrected chi connectivity index (χ2v) is 11.0. The van der Waals surface area contributed by atoms with Crippen molar-refractivity contribution in [2.24, 2.45) is 23.7 Å². The van der Waals surface area contributed by atoms with E-state index in [1.807, 2.05) is 13.8 Å². The van der Waals surface area contributed by atoms with E-state index in [0.717, 1.165) is 19.3 Å². The molecule has 1 aromatic rings. The highest BCUT2D eigenvalue weighted by molar-refractivity contribution is 5.77. The fraction of sp³-hybridized carbons (Fsp3) is 0.800. The van der Waals surface area contributed by atoms with Gasteiger partial charge in [0.2, 0.25) is 12.1 Å². The Morgan fingerprint density at radius 3 is 2.76 bits per heavy atom. The van der Waals surface area contributed by atoms with E-state index in [1.165, 1.54) is 17.0 Å². The molecule has 5 heterocycles. The Morgan fingerprint density at radius 2 is 1.97 bits per heavy atom. The lowest BCUT2D eigenvalue weighted by Gasteiger charge is -2.59. The largest absolute Gasteiger partial charge is 0.466 e. The number of fused-ring (bicyclic) bond motifs is 2. The van der Waals surface area contributed by atoms with E-state index in [1.54, 1.807) is 0 Å². The summed E-state index contributed by atoms with van der Waals surface area (Å²) in [7, 11) is 0. The zero-order valence-electron chi connectivity index (χ0n) is 21.9. The van der Waals surface area contributed by atoms with E-state index < -0.39 is 40.8 Å². The van der Waals surface area contributed by atoms with Crippen molar-refractivity contribution >= 4 is 17.9 Å². The van der Waals surface area contributed by atoms with E-state index in [9.17, 15) is 19.7 Å². The summed E-state index contributed by atoms with van der Waals surface area (Å²) in [6.45, 7) is 6.40. The Bertz CT molecular complexity index is 1060. The number of hydrogen-bond donors (Lipinski definition) is 0. The summed E-state index contributed by atoms with van der Waals surface area (Å²) in [4.78, 5) is 50.6. The lowest BCUT2D eigenvalue weighted by Crippen LogP contribution is -2.70. The summed E-state index contributed by atoms with van der Waals surface area (Å²) in [5.74, 6) is -1.78. The number of carbonyl (C=O) groups is 2. The minimum Gasteiger partial charge on any atom is -0.466 e. The number of nitro groups is 1. The third kappa shape index (κ3) is 4.92. The summed E-state index contributed by atoms with van der Waals surface area (Å²) in [5.41, 5.74) is -0.739. The van der Waals surface area contributed by atoms with Crippen LogP contribution in [-0.4, -0.2) is 57.0 Å². The molecular weight excluding hydrogens is 502 g/mol. The van der Waals surface area contributed by atoms with Crippen molar-refractivity contribution in [2.75, 3.05) is 6.61 Å². The zero-order valence-corrected chi connectivity index (χ0v) is 21.9. The Kier molecular flexibility index (Phi) is 7.46. The van der Waals surface area contributed by atoms with Gasteiger partial charge in [0.25, 0.3) is 0 Å². The molecule has 4 saturated heterocycles. The number of imidazole rings is 1. The van der Waals surface area contributed by atoms with Crippen LogP contribution in [-0.2, 0) is 44.9 Å². The van der Waals surface area contributed by atoms with Gasteiger partial charge in [-0.2, -0.15) is 0 Å². The first-order valence-electron chi connectivity index (χ1n) is 13.3. The molecule has 1 aromatic heterocycles. The molecule has 210 valence electrons. The first kappa shape index (κ1) is 27.0. The summed E-state index contributed by atoms with van der Waals surface area (Å²) < 4.78 is 24.7. The highest BCUT2D eigenvalue weighted by atomic mass is 17.3. The van der Waals surface area contributed by atoms with Crippen LogP contribution in [0.2, 0.25) is 0 Å². The molecule has 0 unspecified atom stereocenters. The lowest BCUT2D eigenvalue weighted by molar-refractivity contribution is -0.576. The maximum Gasteiger partial charge on any atom is 0.434 e. The molecule has 8 atom stereocenters. The molecule has 13 nitrogen and oxygen atoms in total. The van der Waals surface area contributed by atoms with E-state index >= 15 is 0 Å². The van der Waals surface area contributed by atoms with Gasteiger partial charge in [-0.15, -0.1) is 0 Å². The van der Waals surface area contributed by atoms with Crippen LogP contribution in [0.1, 0.15) is 65.7 Å². The number of hydrogen-bond acceptors (Lipinski definition) is 11. The molecular formula is C25H35N3O10. The van der Waals surface area contributed by atoms with E-state index in [0.29, 0.717) is 18.8 Å². The van der Waals surface area contributed by atoms with Crippen LogP contribution in [0.25, 0.3) is 0 Å². The fourth-order valence-electron chi connectivity index (χ4n) is 6.54. The van der Waals surface area contributed by atoms with Gasteiger partial charge in [-0.05, 0) is 42.9 Å². The number of aromatic nitrogens is 2. The second kappa shape index (κ2) is 10.5. The average molecular weight is 538 g/mol. The Morgan fingerprint density at radius 1 is 1.18 bits per heavy atom.